The van der Waals surface area contributed by atoms with Gasteiger partial charge in [0.1, 0.15) is 0 Å². The Morgan fingerprint density at radius 2 is 1.76 bits per heavy atom. The topological polar surface area (TPSA) is 32.3 Å². The van der Waals surface area contributed by atoms with Gasteiger partial charge in [0.05, 0.1) is 5.69 Å². The Morgan fingerprint density at radius 3 is 2.43 bits per heavy atom. The van der Waals surface area contributed by atoms with Gasteiger partial charge in [0.2, 0.25) is 0 Å². The molecular formula is C15H13F3N2O. The van der Waals surface area contributed by atoms with Gasteiger partial charge in [0.25, 0.3) is 5.91 Å². The zero-order valence-electron chi connectivity index (χ0n) is 11.5. The second-order valence-electron chi connectivity index (χ2n) is 4.62. The number of hydrogen-bond acceptors (Lipinski definition) is 2. The second kappa shape index (κ2) is 5.87. The molecule has 0 unspecified atom stereocenters. The van der Waals surface area contributed by atoms with Crippen LogP contribution >= 0.6 is 0 Å². The summed E-state index contributed by atoms with van der Waals surface area (Å²) in [5, 5.41) is 2.22. The van der Waals surface area contributed by atoms with E-state index in [1.54, 1.807) is 29.2 Å². The highest BCUT2D eigenvalue weighted by molar-refractivity contribution is 6.04. The fraction of sp³-hybridized carbons (Fsp3) is 0.133. The van der Waals surface area contributed by atoms with Crippen molar-refractivity contribution >= 4 is 17.3 Å². The van der Waals surface area contributed by atoms with E-state index in [0.717, 1.165) is 17.8 Å². The van der Waals surface area contributed by atoms with Crippen LogP contribution in [0.4, 0.5) is 24.5 Å². The van der Waals surface area contributed by atoms with Crippen molar-refractivity contribution in [2.75, 3.05) is 24.3 Å². The molecule has 1 N–H and O–H groups in total. The number of benzene rings is 2. The maximum atomic E-state index is 13.5. The van der Waals surface area contributed by atoms with Crippen molar-refractivity contribution in [3.8, 4) is 0 Å². The van der Waals surface area contributed by atoms with Gasteiger partial charge < -0.3 is 10.2 Å². The fourth-order valence-corrected chi connectivity index (χ4v) is 1.74. The van der Waals surface area contributed by atoms with E-state index in [1.165, 1.54) is 0 Å². The molecule has 0 radical (unpaired) electrons. The summed E-state index contributed by atoms with van der Waals surface area (Å²) in [4.78, 5) is 13.8. The molecule has 6 heteroatoms. The van der Waals surface area contributed by atoms with Gasteiger partial charge in [-0.25, -0.2) is 13.2 Å². The van der Waals surface area contributed by atoms with Crippen LogP contribution in [0.5, 0.6) is 0 Å². The summed E-state index contributed by atoms with van der Waals surface area (Å²) in [6, 6.07) is 8.35. The van der Waals surface area contributed by atoms with Gasteiger partial charge in [-0.1, -0.05) is 6.07 Å². The number of carbonyl (C=O) groups excluding carboxylic acids is 1. The van der Waals surface area contributed by atoms with Crippen LogP contribution in [0.1, 0.15) is 10.4 Å². The smallest absolute Gasteiger partial charge is 0.255 e. The molecular weight excluding hydrogens is 281 g/mol. The van der Waals surface area contributed by atoms with Crippen LogP contribution < -0.4 is 10.2 Å². The molecule has 0 heterocycles. The van der Waals surface area contributed by atoms with Crippen LogP contribution in [0.3, 0.4) is 0 Å². The van der Waals surface area contributed by atoms with Crippen LogP contribution in [0.2, 0.25) is 0 Å². The van der Waals surface area contributed by atoms with Crippen molar-refractivity contribution in [3.05, 3.63) is 59.4 Å². The standard InChI is InChI=1S/C15H13F3N2O/c1-20(2)10-5-3-4-9(8-10)15(21)19-12-7-6-11(16)13(17)14(12)18/h3-8H,1-2H3,(H,19,21). The van der Waals surface area contributed by atoms with Crippen LogP contribution in [-0.2, 0) is 0 Å². The monoisotopic (exact) mass is 294 g/mol. The largest absolute Gasteiger partial charge is 0.378 e. The zero-order valence-corrected chi connectivity index (χ0v) is 11.5. The van der Waals surface area contributed by atoms with Crippen molar-refractivity contribution < 1.29 is 18.0 Å². The summed E-state index contributed by atoms with van der Waals surface area (Å²) in [6.45, 7) is 0. The van der Waals surface area contributed by atoms with Crippen LogP contribution in [0.15, 0.2) is 36.4 Å². The van der Waals surface area contributed by atoms with E-state index in [1.807, 2.05) is 14.1 Å². The fourth-order valence-electron chi connectivity index (χ4n) is 1.74. The quantitative estimate of drug-likeness (QED) is 0.880. The van der Waals surface area contributed by atoms with Crippen LogP contribution in [-0.4, -0.2) is 20.0 Å². The Hall–Kier alpha value is -2.50. The van der Waals surface area contributed by atoms with Gasteiger partial charge in [-0.2, -0.15) is 0 Å². The molecule has 21 heavy (non-hydrogen) atoms. The van der Waals surface area contributed by atoms with Crippen molar-refractivity contribution in [2.45, 2.75) is 0 Å². The highest BCUT2D eigenvalue weighted by atomic mass is 19.2. The summed E-state index contributed by atoms with van der Waals surface area (Å²) >= 11 is 0. The zero-order chi connectivity index (χ0) is 15.6. The van der Waals surface area contributed by atoms with E-state index >= 15 is 0 Å². The Labute approximate surface area is 120 Å². The molecule has 0 saturated heterocycles. The summed E-state index contributed by atoms with van der Waals surface area (Å²) < 4.78 is 39.4. The van der Waals surface area contributed by atoms with Crippen molar-refractivity contribution in [2.24, 2.45) is 0 Å². The number of nitrogens with one attached hydrogen (secondary N) is 1. The first-order chi connectivity index (χ1) is 9.90. The van der Waals surface area contributed by atoms with Crippen molar-refractivity contribution in [1.29, 1.82) is 0 Å². The third-order valence-electron chi connectivity index (χ3n) is 2.91. The molecule has 1 amide bonds. The Bertz CT molecular complexity index is 687. The molecule has 0 aromatic heterocycles. The number of amides is 1. The first-order valence-corrected chi connectivity index (χ1v) is 6.12. The van der Waals surface area contributed by atoms with E-state index in [2.05, 4.69) is 5.32 Å². The maximum absolute atomic E-state index is 13.5. The third-order valence-corrected chi connectivity index (χ3v) is 2.91. The summed E-state index contributed by atoms with van der Waals surface area (Å²) in [6.07, 6.45) is 0. The van der Waals surface area contributed by atoms with Crippen LogP contribution in [0.25, 0.3) is 0 Å². The SMILES string of the molecule is CN(C)c1cccc(C(=O)Nc2ccc(F)c(F)c2F)c1. The molecule has 0 aliphatic rings. The lowest BCUT2D eigenvalue weighted by Crippen LogP contribution is -2.15. The molecule has 3 nitrogen and oxygen atoms in total. The normalized spacial score (nSPS) is 10.3. The molecule has 0 aliphatic heterocycles. The molecule has 2 aromatic rings. The predicted molar refractivity (Wildman–Crippen MR) is 75.0 cm³/mol. The maximum Gasteiger partial charge on any atom is 0.255 e. The minimum Gasteiger partial charge on any atom is -0.378 e. The average Bonchev–Trinajstić information content (AvgIpc) is 2.48. The Balaban J connectivity index is 2.26. The van der Waals surface area contributed by atoms with Gasteiger partial charge in [0.15, 0.2) is 17.5 Å². The Morgan fingerprint density at radius 1 is 1.05 bits per heavy atom. The summed E-state index contributed by atoms with van der Waals surface area (Å²) in [5.74, 6) is -4.95. The number of nitrogens with zero attached hydrogens (tertiary/aromatic N) is 1. The van der Waals surface area contributed by atoms with Gasteiger partial charge in [-0.05, 0) is 30.3 Å². The predicted octanol–water partition coefficient (Wildman–Crippen LogP) is 3.42. The summed E-state index contributed by atoms with van der Waals surface area (Å²) in [7, 11) is 3.62. The molecule has 2 aromatic carbocycles. The molecule has 0 fully saturated rings. The van der Waals surface area contributed by atoms with Crippen LogP contribution in [0, 0.1) is 17.5 Å². The van der Waals surface area contributed by atoms with Gasteiger partial charge in [-0.15, -0.1) is 0 Å². The van der Waals surface area contributed by atoms with Crippen molar-refractivity contribution in [3.63, 3.8) is 0 Å². The van der Waals surface area contributed by atoms with E-state index < -0.39 is 29.0 Å². The van der Waals surface area contributed by atoms with E-state index in [-0.39, 0.29) is 5.56 Å². The molecule has 0 aliphatic carbocycles. The number of carbonyl (C=O) groups is 1. The van der Waals surface area contributed by atoms with Gasteiger partial charge in [-0.3, -0.25) is 4.79 Å². The third kappa shape index (κ3) is 3.16. The first-order valence-electron chi connectivity index (χ1n) is 6.12. The molecule has 0 saturated carbocycles. The van der Waals surface area contributed by atoms with Crippen molar-refractivity contribution in [1.82, 2.24) is 0 Å². The molecule has 0 atom stereocenters. The highest BCUT2D eigenvalue weighted by Crippen LogP contribution is 2.21. The number of rotatable bonds is 3. The molecule has 0 bridgehead atoms. The lowest BCUT2D eigenvalue weighted by atomic mass is 10.1. The molecule has 110 valence electrons. The average molecular weight is 294 g/mol. The number of halogens is 3. The number of hydrogen-bond donors (Lipinski definition) is 1. The summed E-state index contributed by atoms with van der Waals surface area (Å²) in [5.41, 5.74) is 0.660. The van der Waals surface area contributed by atoms with E-state index in [4.69, 9.17) is 0 Å². The van der Waals surface area contributed by atoms with E-state index in [0.29, 0.717) is 0 Å². The second-order valence-corrected chi connectivity index (χ2v) is 4.62. The van der Waals surface area contributed by atoms with Gasteiger partial charge >= 0.3 is 0 Å². The highest BCUT2D eigenvalue weighted by Gasteiger charge is 2.16. The van der Waals surface area contributed by atoms with E-state index in [9.17, 15) is 18.0 Å². The van der Waals surface area contributed by atoms with Gasteiger partial charge in [0, 0.05) is 25.3 Å². The first kappa shape index (κ1) is 14.9. The lowest BCUT2D eigenvalue weighted by Gasteiger charge is -2.13. The number of anilines is 2. The Kier molecular flexibility index (Phi) is 4.16. The molecule has 0 spiro atoms. The minimum atomic E-state index is -1.62. The lowest BCUT2D eigenvalue weighted by molar-refractivity contribution is 0.102. The minimum absolute atomic E-state index is 0.283. The molecule has 2 rings (SSSR count).